The lowest BCUT2D eigenvalue weighted by molar-refractivity contribution is 0.312. The Hall–Kier alpha value is -1.03. The summed E-state index contributed by atoms with van der Waals surface area (Å²) < 4.78 is 7.28. The molecule has 0 bridgehead atoms. The molecular formula is C10H17N3O. The maximum absolute atomic E-state index is 5.96. The molecule has 1 aliphatic carbocycles. The van der Waals surface area contributed by atoms with Crippen LogP contribution in [0.1, 0.15) is 31.4 Å². The topological polar surface area (TPSA) is 53.1 Å². The molecule has 0 radical (unpaired) electrons. The smallest absolute Gasteiger partial charge is 0.160 e. The molecule has 2 rings (SSSR count). The molecule has 0 aliphatic heterocycles. The van der Waals surface area contributed by atoms with Gasteiger partial charge in [-0.1, -0.05) is 0 Å². The van der Waals surface area contributed by atoms with E-state index in [1.54, 1.807) is 13.3 Å². The minimum atomic E-state index is 0.283. The molecule has 4 nitrogen and oxygen atoms in total. The van der Waals surface area contributed by atoms with Gasteiger partial charge in [0.2, 0.25) is 0 Å². The molecule has 14 heavy (non-hydrogen) atoms. The fraction of sp³-hybridized carbons (Fsp3) is 0.700. The predicted molar refractivity (Wildman–Crippen MR) is 54.4 cm³/mol. The van der Waals surface area contributed by atoms with Gasteiger partial charge in [-0.3, -0.25) is 4.68 Å². The standard InChI is InChI=1S/C10H17N3O/c1-3-13-10(7-4-5-8(7)11)9(14-2)6-12-13/h6-8H,3-5,11H2,1-2H3. The summed E-state index contributed by atoms with van der Waals surface area (Å²) in [6.45, 7) is 2.96. The van der Waals surface area contributed by atoms with Crippen LogP contribution < -0.4 is 10.5 Å². The number of hydrogen-bond donors (Lipinski definition) is 1. The van der Waals surface area contributed by atoms with Crippen LogP contribution in [0.3, 0.4) is 0 Å². The van der Waals surface area contributed by atoms with Crippen LogP contribution >= 0.6 is 0 Å². The van der Waals surface area contributed by atoms with E-state index < -0.39 is 0 Å². The van der Waals surface area contributed by atoms with Crippen molar-refractivity contribution in [1.82, 2.24) is 9.78 Å². The third kappa shape index (κ3) is 1.30. The lowest BCUT2D eigenvalue weighted by atomic mass is 9.78. The Kier molecular flexibility index (Phi) is 2.46. The van der Waals surface area contributed by atoms with Crippen molar-refractivity contribution in [2.75, 3.05) is 7.11 Å². The maximum atomic E-state index is 5.96. The van der Waals surface area contributed by atoms with E-state index >= 15 is 0 Å². The summed E-state index contributed by atoms with van der Waals surface area (Å²) in [6.07, 6.45) is 4.05. The molecule has 0 saturated heterocycles. The van der Waals surface area contributed by atoms with Gasteiger partial charge in [0.1, 0.15) is 0 Å². The minimum absolute atomic E-state index is 0.283. The Balaban J connectivity index is 2.32. The van der Waals surface area contributed by atoms with Gasteiger partial charge in [0.15, 0.2) is 5.75 Å². The van der Waals surface area contributed by atoms with Crippen LogP contribution in [-0.2, 0) is 6.54 Å². The van der Waals surface area contributed by atoms with Crippen LogP contribution in [0, 0.1) is 0 Å². The largest absolute Gasteiger partial charge is 0.493 e. The number of methoxy groups -OCH3 is 1. The van der Waals surface area contributed by atoms with Gasteiger partial charge in [-0.2, -0.15) is 5.10 Å². The summed E-state index contributed by atoms with van der Waals surface area (Å²) in [6, 6.07) is 0.283. The third-order valence-electron chi connectivity index (χ3n) is 3.04. The molecule has 1 heterocycles. The lowest BCUT2D eigenvalue weighted by Gasteiger charge is -2.34. The first-order valence-electron chi connectivity index (χ1n) is 5.13. The number of nitrogens with zero attached hydrogens (tertiary/aromatic N) is 2. The first-order valence-corrected chi connectivity index (χ1v) is 5.13. The van der Waals surface area contributed by atoms with Crippen molar-refractivity contribution < 1.29 is 4.74 Å². The fourth-order valence-corrected chi connectivity index (χ4v) is 2.03. The van der Waals surface area contributed by atoms with Crippen molar-refractivity contribution in [2.24, 2.45) is 5.73 Å². The van der Waals surface area contributed by atoms with Gasteiger partial charge in [0, 0.05) is 18.5 Å². The summed E-state index contributed by atoms with van der Waals surface area (Å²) in [5.74, 6) is 1.32. The molecule has 1 saturated carbocycles. The van der Waals surface area contributed by atoms with Crippen molar-refractivity contribution in [2.45, 2.75) is 38.3 Å². The zero-order valence-corrected chi connectivity index (χ0v) is 8.73. The monoisotopic (exact) mass is 195 g/mol. The van der Waals surface area contributed by atoms with E-state index in [4.69, 9.17) is 10.5 Å². The van der Waals surface area contributed by atoms with Gasteiger partial charge in [0.25, 0.3) is 0 Å². The molecule has 2 N–H and O–H groups in total. The zero-order valence-electron chi connectivity index (χ0n) is 8.73. The first kappa shape index (κ1) is 9.52. The summed E-state index contributed by atoms with van der Waals surface area (Å²) in [7, 11) is 1.69. The molecule has 2 atom stereocenters. The molecule has 1 aromatic heterocycles. The van der Waals surface area contributed by atoms with Crippen molar-refractivity contribution in [3.05, 3.63) is 11.9 Å². The van der Waals surface area contributed by atoms with Crippen LogP contribution in [-0.4, -0.2) is 22.9 Å². The van der Waals surface area contributed by atoms with E-state index in [9.17, 15) is 0 Å². The molecule has 1 aromatic rings. The summed E-state index contributed by atoms with van der Waals surface area (Å²) in [4.78, 5) is 0. The number of nitrogens with two attached hydrogens (primary N) is 1. The van der Waals surface area contributed by atoms with Crippen molar-refractivity contribution in [1.29, 1.82) is 0 Å². The summed E-state index contributed by atoms with van der Waals surface area (Å²) >= 11 is 0. The number of aryl methyl sites for hydroxylation is 1. The molecule has 1 fully saturated rings. The Bertz CT molecular complexity index is 300. The third-order valence-corrected chi connectivity index (χ3v) is 3.04. The van der Waals surface area contributed by atoms with Gasteiger partial charge in [0.05, 0.1) is 19.0 Å². The first-order chi connectivity index (χ1) is 6.77. The highest BCUT2D eigenvalue weighted by Crippen LogP contribution is 2.39. The Morgan fingerprint density at radius 3 is 2.86 bits per heavy atom. The molecule has 1 aliphatic rings. The highest BCUT2D eigenvalue weighted by atomic mass is 16.5. The van der Waals surface area contributed by atoms with Gasteiger partial charge in [-0.15, -0.1) is 0 Å². The van der Waals surface area contributed by atoms with Gasteiger partial charge >= 0.3 is 0 Å². The van der Waals surface area contributed by atoms with Crippen molar-refractivity contribution in [3.8, 4) is 5.75 Å². The minimum Gasteiger partial charge on any atom is -0.493 e. The van der Waals surface area contributed by atoms with E-state index in [2.05, 4.69) is 12.0 Å². The molecule has 4 heteroatoms. The van der Waals surface area contributed by atoms with Gasteiger partial charge in [-0.25, -0.2) is 0 Å². The number of ether oxygens (including phenoxy) is 1. The van der Waals surface area contributed by atoms with Crippen LogP contribution in [0.5, 0.6) is 5.75 Å². The van der Waals surface area contributed by atoms with Gasteiger partial charge in [-0.05, 0) is 19.8 Å². The van der Waals surface area contributed by atoms with Crippen molar-refractivity contribution >= 4 is 0 Å². The molecule has 0 spiro atoms. The van der Waals surface area contributed by atoms with E-state index in [-0.39, 0.29) is 6.04 Å². The van der Waals surface area contributed by atoms with Gasteiger partial charge < -0.3 is 10.5 Å². The fourth-order valence-electron chi connectivity index (χ4n) is 2.03. The Labute approximate surface area is 84.0 Å². The van der Waals surface area contributed by atoms with Crippen molar-refractivity contribution in [3.63, 3.8) is 0 Å². The van der Waals surface area contributed by atoms with E-state index in [1.165, 1.54) is 5.69 Å². The van der Waals surface area contributed by atoms with E-state index in [0.29, 0.717) is 5.92 Å². The van der Waals surface area contributed by atoms with E-state index in [1.807, 2.05) is 4.68 Å². The highest BCUT2D eigenvalue weighted by molar-refractivity contribution is 5.31. The molecule has 2 unspecified atom stereocenters. The number of hydrogen-bond acceptors (Lipinski definition) is 3. The summed E-state index contributed by atoms with van der Waals surface area (Å²) in [5.41, 5.74) is 7.14. The number of rotatable bonds is 3. The summed E-state index contributed by atoms with van der Waals surface area (Å²) in [5, 5.41) is 4.28. The Morgan fingerprint density at radius 2 is 2.43 bits per heavy atom. The van der Waals surface area contributed by atoms with Crippen LogP contribution in [0.4, 0.5) is 0 Å². The molecule has 78 valence electrons. The zero-order chi connectivity index (χ0) is 10.1. The lowest BCUT2D eigenvalue weighted by Crippen LogP contribution is -2.38. The second-order valence-electron chi connectivity index (χ2n) is 3.76. The maximum Gasteiger partial charge on any atom is 0.160 e. The number of aromatic nitrogens is 2. The second-order valence-corrected chi connectivity index (χ2v) is 3.76. The molecule has 0 amide bonds. The molecular weight excluding hydrogens is 178 g/mol. The van der Waals surface area contributed by atoms with Crippen LogP contribution in [0.2, 0.25) is 0 Å². The average Bonchev–Trinajstić information content (AvgIpc) is 2.58. The normalized spacial score (nSPS) is 25.9. The highest BCUT2D eigenvalue weighted by Gasteiger charge is 2.33. The SMILES string of the molecule is CCn1ncc(OC)c1C1CCC1N. The molecule has 0 aromatic carbocycles. The second kappa shape index (κ2) is 3.61. The Morgan fingerprint density at radius 1 is 1.64 bits per heavy atom. The quantitative estimate of drug-likeness (QED) is 0.786. The average molecular weight is 195 g/mol. The predicted octanol–water partition coefficient (Wildman–Crippen LogP) is 1.12. The van der Waals surface area contributed by atoms with E-state index in [0.717, 1.165) is 25.1 Å². The van der Waals surface area contributed by atoms with Crippen LogP contribution in [0.15, 0.2) is 6.20 Å². The van der Waals surface area contributed by atoms with Crippen LogP contribution in [0.25, 0.3) is 0 Å².